The summed E-state index contributed by atoms with van der Waals surface area (Å²) < 4.78 is 42.0. The second-order valence-electron chi connectivity index (χ2n) is 10.1. The molecule has 0 aliphatic carbocycles. The number of benzene rings is 2. The maximum atomic E-state index is 14.6. The lowest BCUT2D eigenvalue weighted by atomic mass is 9.99. The molecular formula is C32H28F3N5. The predicted molar refractivity (Wildman–Crippen MR) is 155 cm³/mol. The van der Waals surface area contributed by atoms with Gasteiger partial charge in [-0.15, -0.1) is 0 Å². The van der Waals surface area contributed by atoms with Crippen molar-refractivity contribution >= 4 is 27.5 Å². The van der Waals surface area contributed by atoms with Crippen LogP contribution in [-0.2, 0) is 0 Å². The molecule has 40 heavy (non-hydrogen) atoms. The summed E-state index contributed by atoms with van der Waals surface area (Å²) in [6, 6.07) is 16.5. The number of alkyl halides is 2. The van der Waals surface area contributed by atoms with Crippen molar-refractivity contribution in [3.8, 4) is 22.5 Å². The molecule has 8 heteroatoms. The molecule has 1 aliphatic rings. The third kappa shape index (κ3) is 4.86. The SMILES string of the molecule is C=C/C(=C\C(=C/C)c1ccc2[nH]nc(-c3cc4c(-c5ccccc5F)ccnc4[nH]3)c2c1)CN1CCC(F)(F)C1. The normalized spacial score (nSPS) is 16.3. The van der Waals surface area contributed by atoms with Crippen molar-refractivity contribution in [2.45, 2.75) is 19.3 Å². The molecule has 0 atom stereocenters. The number of pyridine rings is 1. The number of likely N-dealkylation sites (tertiary alicyclic amines) is 1. The smallest absolute Gasteiger partial charge is 0.261 e. The second-order valence-corrected chi connectivity index (χ2v) is 10.1. The fourth-order valence-corrected chi connectivity index (χ4v) is 5.37. The van der Waals surface area contributed by atoms with E-state index in [4.69, 9.17) is 0 Å². The standard InChI is InChI=1S/C32H28F3N5/c1-3-20(18-40-14-12-32(34,35)19-40)15-21(4-2)22-9-10-28-26(16-22)30(39-38-28)29-17-25-23(11-13-36-31(25)37-29)24-7-5-6-8-27(24)33/h3-11,13,15-17H,1,12,14,18-19H2,2H3,(H,36,37)(H,38,39)/b20-15+,21-4+. The van der Waals surface area contributed by atoms with Crippen LogP contribution in [0.3, 0.4) is 0 Å². The monoisotopic (exact) mass is 539 g/mol. The summed E-state index contributed by atoms with van der Waals surface area (Å²) in [5, 5.41) is 9.39. The molecule has 2 aromatic carbocycles. The number of aromatic nitrogens is 4. The van der Waals surface area contributed by atoms with Gasteiger partial charge in [0, 0.05) is 42.0 Å². The molecule has 0 spiro atoms. The fraction of sp³-hybridized carbons (Fsp3) is 0.188. The molecule has 3 aromatic heterocycles. The largest absolute Gasteiger partial charge is 0.338 e. The van der Waals surface area contributed by atoms with Gasteiger partial charge in [-0.3, -0.25) is 10.00 Å². The quantitative estimate of drug-likeness (QED) is 0.208. The van der Waals surface area contributed by atoms with Crippen molar-refractivity contribution in [3.63, 3.8) is 0 Å². The van der Waals surface area contributed by atoms with E-state index in [1.807, 2.05) is 49.4 Å². The fourth-order valence-electron chi connectivity index (χ4n) is 5.37. The highest BCUT2D eigenvalue weighted by atomic mass is 19.3. The number of rotatable bonds is 7. The van der Waals surface area contributed by atoms with E-state index in [1.165, 1.54) is 6.07 Å². The minimum Gasteiger partial charge on any atom is -0.338 e. The molecule has 0 amide bonds. The first-order valence-electron chi connectivity index (χ1n) is 13.2. The number of fused-ring (bicyclic) bond motifs is 2. The van der Waals surface area contributed by atoms with Gasteiger partial charge in [0.05, 0.1) is 17.8 Å². The maximum Gasteiger partial charge on any atom is 0.261 e. The van der Waals surface area contributed by atoms with Crippen molar-refractivity contribution in [2.75, 3.05) is 19.6 Å². The van der Waals surface area contributed by atoms with Crippen LogP contribution in [0.2, 0.25) is 0 Å². The number of H-pyrrole nitrogens is 2. The molecule has 4 heterocycles. The van der Waals surface area contributed by atoms with E-state index in [1.54, 1.807) is 29.3 Å². The summed E-state index contributed by atoms with van der Waals surface area (Å²) >= 11 is 0. The number of nitrogens with zero attached hydrogens (tertiary/aromatic N) is 3. The first-order chi connectivity index (χ1) is 19.3. The lowest BCUT2D eigenvalue weighted by Gasteiger charge is -2.16. The predicted octanol–water partition coefficient (Wildman–Crippen LogP) is 7.77. The Kier molecular flexibility index (Phi) is 6.64. The topological polar surface area (TPSA) is 60.6 Å². The van der Waals surface area contributed by atoms with Crippen LogP contribution in [0.5, 0.6) is 0 Å². The zero-order valence-electron chi connectivity index (χ0n) is 22.0. The Balaban J connectivity index is 1.36. The van der Waals surface area contributed by atoms with E-state index >= 15 is 0 Å². The van der Waals surface area contributed by atoms with Gasteiger partial charge in [-0.05, 0) is 59.5 Å². The van der Waals surface area contributed by atoms with Gasteiger partial charge in [0.15, 0.2) is 0 Å². The average molecular weight is 540 g/mol. The van der Waals surface area contributed by atoms with Crippen LogP contribution in [0.4, 0.5) is 13.2 Å². The van der Waals surface area contributed by atoms with Crippen LogP contribution in [0.15, 0.2) is 91.2 Å². The van der Waals surface area contributed by atoms with Gasteiger partial charge < -0.3 is 4.98 Å². The zero-order chi connectivity index (χ0) is 27.9. The van der Waals surface area contributed by atoms with Crippen molar-refractivity contribution in [2.24, 2.45) is 0 Å². The molecule has 2 N–H and O–H groups in total. The minimum absolute atomic E-state index is 0.112. The number of halogens is 3. The molecule has 5 aromatic rings. The molecule has 0 unspecified atom stereocenters. The summed E-state index contributed by atoms with van der Waals surface area (Å²) in [4.78, 5) is 9.58. The first-order valence-corrected chi connectivity index (χ1v) is 13.2. The Hall–Kier alpha value is -4.43. The lowest BCUT2D eigenvalue weighted by Crippen LogP contribution is -2.26. The molecule has 0 saturated carbocycles. The summed E-state index contributed by atoms with van der Waals surface area (Å²) in [5.74, 6) is -2.93. The summed E-state index contributed by atoms with van der Waals surface area (Å²) in [5.41, 5.74) is 7.03. The van der Waals surface area contributed by atoms with Gasteiger partial charge >= 0.3 is 0 Å². The number of allylic oxidation sites excluding steroid dienone is 3. The van der Waals surface area contributed by atoms with Crippen LogP contribution in [0.25, 0.3) is 50.0 Å². The number of hydrogen-bond donors (Lipinski definition) is 2. The van der Waals surface area contributed by atoms with Gasteiger partial charge in [-0.2, -0.15) is 5.10 Å². The van der Waals surface area contributed by atoms with Gasteiger partial charge in [0.2, 0.25) is 0 Å². The Morgan fingerprint density at radius 3 is 2.70 bits per heavy atom. The Morgan fingerprint density at radius 1 is 1.10 bits per heavy atom. The van der Waals surface area contributed by atoms with E-state index < -0.39 is 5.92 Å². The van der Waals surface area contributed by atoms with Crippen molar-refractivity contribution in [1.29, 1.82) is 0 Å². The molecule has 1 fully saturated rings. The van der Waals surface area contributed by atoms with E-state index in [2.05, 4.69) is 32.8 Å². The van der Waals surface area contributed by atoms with Gasteiger partial charge in [-0.25, -0.2) is 18.2 Å². The summed E-state index contributed by atoms with van der Waals surface area (Å²) in [7, 11) is 0. The highest BCUT2D eigenvalue weighted by Crippen LogP contribution is 2.35. The molecule has 202 valence electrons. The third-order valence-corrected chi connectivity index (χ3v) is 7.42. The minimum atomic E-state index is -2.63. The Bertz CT molecular complexity index is 1790. The van der Waals surface area contributed by atoms with Gasteiger partial charge in [0.25, 0.3) is 5.92 Å². The highest BCUT2D eigenvalue weighted by molar-refractivity contribution is 6.00. The maximum absolute atomic E-state index is 14.6. The van der Waals surface area contributed by atoms with E-state index in [9.17, 15) is 13.2 Å². The summed E-state index contributed by atoms with van der Waals surface area (Å²) in [6.45, 7) is 6.42. The molecule has 6 rings (SSSR count). The van der Waals surface area contributed by atoms with E-state index in [0.717, 1.165) is 50.0 Å². The lowest BCUT2D eigenvalue weighted by molar-refractivity contribution is 0.0131. The zero-order valence-corrected chi connectivity index (χ0v) is 22.0. The number of aromatic amines is 2. The molecule has 0 bridgehead atoms. The van der Waals surface area contributed by atoms with Crippen molar-refractivity contribution in [3.05, 3.63) is 103 Å². The van der Waals surface area contributed by atoms with Crippen LogP contribution in [0.1, 0.15) is 18.9 Å². The Labute approximate surface area is 229 Å². The van der Waals surface area contributed by atoms with Crippen molar-refractivity contribution < 1.29 is 13.2 Å². The summed E-state index contributed by atoms with van der Waals surface area (Å²) in [6.07, 6.45) is 7.27. The van der Waals surface area contributed by atoms with Crippen LogP contribution in [0, 0.1) is 5.82 Å². The average Bonchev–Trinajstić information content (AvgIpc) is 3.66. The first kappa shape index (κ1) is 25.8. The highest BCUT2D eigenvalue weighted by Gasteiger charge is 2.37. The molecule has 5 nitrogen and oxygen atoms in total. The molecule has 1 saturated heterocycles. The molecular weight excluding hydrogens is 511 g/mol. The van der Waals surface area contributed by atoms with E-state index in [0.29, 0.717) is 24.3 Å². The van der Waals surface area contributed by atoms with Crippen LogP contribution in [-0.4, -0.2) is 50.6 Å². The third-order valence-electron chi connectivity index (χ3n) is 7.42. The Morgan fingerprint density at radius 2 is 1.95 bits per heavy atom. The number of nitrogens with one attached hydrogen (secondary N) is 2. The van der Waals surface area contributed by atoms with Crippen molar-refractivity contribution in [1.82, 2.24) is 25.1 Å². The molecule has 1 aliphatic heterocycles. The van der Waals surface area contributed by atoms with Gasteiger partial charge in [-0.1, -0.05) is 49.1 Å². The van der Waals surface area contributed by atoms with Crippen LogP contribution < -0.4 is 0 Å². The number of hydrogen-bond acceptors (Lipinski definition) is 3. The second kappa shape index (κ2) is 10.3. The van der Waals surface area contributed by atoms with Crippen LogP contribution >= 0.6 is 0 Å². The van der Waals surface area contributed by atoms with E-state index in [-0.39, 0.29) is 18.8 Å². The van der Waals surface area contributed by atoms with Gasteiger partial charge in [0.1, 0.15) is 17.2 Å². The molecule has 0 radical (unpaired) electrons.